The third kappa shape index (κ3) is 4.36. The fraction of sp³-hybridized carbons (Fsp3) is 0.125. The third-order valence-corrected chi connectivity index (χ3v) is 5.33. The Hall–Kier alpha value is -2.42. The first kappa shape index (κ1) is 17.4. The standard InChI is InChI=1S/C16H16ClN5O2S/c17-13-5-1-2-6-14(13)25(23,24)21-8-7-18-15-11-16(20-12-19-15)22-9-3-4-10-22/h1-6,9-12,21H,7-8H2,(H,18,19,20). The molecule has 25 heavy (non-hydrogen) atoms. The van der Waals surface area contributed by atoms with E-state index in [4.69, 9.17) is 11.6 Å². The SMILES string of the molecule is O=S(=O)(NCCNc1cc(-n2cccc2)ncn1)c1ccccc1Cl. The van der Waals surface area contributed by atoms with E-state index in [0.717, 1.165) is 5.82 Å². The smallest absolute Gasteiger partial charge is 0.242 e. The number of aromatic nitrogens is 3. The minimum atomic E-state index is -3.65. The highest BCUT2D eigenvalue weighted by molar-refractivity contribution is 7.89. The summed E-state index contributed by atoms with van der Waals surface area (Å²) in [6.45, 7) is 0.558. The Balaban J connectivity index is 1.57. The van der Waals surface area contributed by atoms with Gasteiger partial charge >= 0.3 is 0 Å². The van der Waals surface area contributed by atoms with Crippen LogP contribution in [0.3, 0.4) is 0 Å². The molecule has 0 aliphatic heterocycles. The topological polar surface area (TPSA) is 88.9 Å². The van der Waals surface area contributed by atoms with E-state index in [2.05, 4.69) is 20.0 Å². The molecule has 2 heterocycles. The van der Waals surface area contributed by atoms with Gasteiger partial charge in [0.2, 0.25) is 10.0 Å². The van der Waals surface area contributed by atoms with Crippen molar-refractivity contribution in [2.75, 3.05) is 18.4 Å². The monoisotopic (exact) mass is 377 g/mol. The van der Waals surface area contributed by atoms with Gasteiger partial charge in [-0.15, -0.1) is 0 Å². The predicted molar refractivity (Wildman–Crippen MR) is 96.5 cm³/mol. The summed E-state index contributed by atoms with van der Waals surface area (Å²) in [5.41, 5.74) is 0. The third-order valence-electron chi connectivity index (χ3n) is 3.37. The van der Waals surface area contributed by atoms with Crippen molar-refractivity contribution in [1.82, 2.24) is 19.3 Å². The lowest BCUT2D eigenvalue weighted by Gasteiger charge is -2.10. The molecule has 0 aliphatic rings. The van der Waals surface area contributed by atoms with Gasteiger partial charge in [0.25, 0.3) is 0 Å². The lowest BCUT2D eigenvalue weighted by atomic mass is 10.4. The summed E-state index contributed by atoms with van der Waals surface area (Å²) in [4.78, 5) is 8.37. The molecule has 1 aromatic carbocycles. The largest absolute Gasteiger partial charge is 0.369 e. The van der Waals surface area contributed by atoms with Crippen molar-refractivity contribution in [1.29, 1.82) is 0 Å². The first-order valence-electron chi connectivity index (χ1n) is 7.50. The minimum absolute atomic E-state index is 0.0635. The first-order chi connectivity index (χ1) is 12.1. The van der Waals surface area contributed by atoms with Crippen LogP contribution in [0.5, 0.6) is 0 Å². The van der Waals surface area contributed by atoms with Gasteiger partial charge in [-0.1, -0.05) is 23.7 Å². The lowest BCUT2D eigenvalue weighted by molar-refractivity contribution is 0.583. The Labute approximate surface area is 150 Å². The van der Waals surface area contributed by atoms with Gasteiger partial charge in [0.1, 0.15) is 22.9 Å². The number of anilines is 1. The van der Waals surface area contributed by atoms with E-state index >= 15 is 0 Å². The summed E-state index contributed by atoms with van der Waals surface area (Å²) in [5.74, 6) is 1.33. The van der Waals surface area contributed by atoms with Crippen molar-refractivity contribution in [3.8, 4) is 5.82 Å². The number of nitrogens with zero attached hydrogens (tertiary/aromatic N) is 3. The molecule has 0 atom stereocenters. The molecule has 0 unspecified atom stereocenters. The summed E-state index contributed by atoms with van der Waals surface area (Å²) in [5, 5.41) is 3.25. The van der Waals surface area contributed by atoms with Crippen LogP contribution in [0.4, 0.5) is 5.82 Å². The average molecular weight is 378 g/mol. The molecule has 0 aliphatic carbocycles. The number of hydrogen-bond acceptors (Lipinski definition) is 5. The normalized spacial score (nSPS) is 11.4. The quantitative estimate of drug-likeness (QED) is 0.617. The highest BCUT2D eigenvalue weighted by Crippen LogP contribution is 2.19. The zero-order valence-electron chi connectivity index (χ0n) is 13.1. The van der Waals surface area contributed by atoms with Crippen LogP contribution in [0.25, 0.3) is 5.82 Å². The molecule has 0 bridgehead atoms. The van der Waals surface area contributed by atoms with Crippen molar-refractivity contribution in [3.63, 3.8) is 0 Å². The van der Waals surface area contributed by atoms with E-state index in [9.17, 15) is 8.42 Å². The van der Waals surface area contributed by atoms with Crippen LogP contribution in [0.15, 0.2) is 66.1 Å². The molecular formula is C16H16ClN5O2S. The van der Waals surface area contributed by atoms with E-state index in [0.29, 0.717) is 12.4 Å². The molecule has 7 nitrogen and oxygen atoms in total. The van der Waals surface area contributed by atoms with Crippen LogP contribution in [0.1, 0.15) is 0 Å². The Morgan fingerprint density at radius 1 is 1.04 bits per heavy atom. The zero-order chi connectivity index (χ0) is 17.7. The Kier molecular flexibility index (Phi) is 5.32. The van der Waals surface area contributed by atoms with Gasteiger partial charge in [0.05, 0.1) is 5.02 Å². The molecule has 2 aromatic heterocycles. The first-order valence-corrected chi connectivity index (χ1v) is 9.36. The molecule has 9 heteroatoms. The van der Waals surface area contributed by atoms with Crippen LogP contribution in [0, 0.1) is 0 Å². The van der Waals surface area contributed by atoms with E-state index < -0.39 is 10.0 Å². The fourth-order valence-corrected chi connectivity index (χ4v) is 3.74. The van der Waals surface area contributed by atoms with Gasteiger partial charge in [-0.2, -0.15) is 0 Å². The van der Waals surface area contributed by atoms with Crippen molar-refractivity contribution in [2.24, 2.45) is 0 Å². The van der Waals surface area contributed by atoms with Crippen molar-refractivity contribution in [2.45, 2.75) is 4.90 Å². The number of nitrogens with one attached hydrogen (secondary N) is 2. The molecule has 0 radical (unpaired) electrons. The molecule has 130 valence electrons. The molecule has 0 spiro atoms. The summed E-state index contributed by atoms with van der Waals surface area (Å²) < 4.78 is 28.8. The van der Waals surface area contributed by atoms with Gasteiger partial charge in [-0.3, -0.25) is 0 Å². The fourth-order valence-electron chi connectivity index (χ4n) is 2.19. The number of rotatable bonds is 7. The molecule has 2 N–H and O–H groups in total. The molecule has 0 amide bonds. The molecule has 0 fully saturated rings. The van der Waals surface area contributed by atoms with Gasteiger partial charge in [-0.25, -0.2) is 23.1 Å². The van der Waals surface area contributed by atoms with E-state index in [1.54, 1.807) is 18.2 Å². The highest BCUT2D eigenvalue weighted by atomic mass is 35.5. The van der Waals surface area contributed by atoms with E-state index in [-0.39, 0.29) is 16.5 Å². The lowest BCUT2D eigenvalue weighted by Crippen LogP contribution is -2.29. The summed E-state index contributed by atoms with van der Waals surface area (Å²) in [6.07, 6.45) is 5.21. The van der Waals surface area contributed by atoms with Crippen LogP contribution < -0.4 is 10.0 Å². The molecule has 0 saturated heterocycles. The number of hydrogen-bond donors (Lipinski definition) is 2. The van der Waals surface area contributed by atoms with Crippen molar-refractivity contribution >= 4 is 27.4 Å². The van der Waals surface area contributed by atoms with E-state index in [1.807, 2.05) is 29.1 Å². The van der Waals surface area contributed by atoms with Crippen LogP contribution in [-0.2, 0) is 10.0 Å². The Morgan fingerprint density at radius 2 is 1.80 bits per heavy atom. The van der Waals surface area contributed by atoms with Crippen LogP contribution >= 0.6 is 11.6 Å². The van der Waals surface area contributed by atoms with E-state index in [1.165, 1.54) is 18.5 Å². The van der Waals surface area contributed by atoms with Gasteiger partial charge in [-0.05, 0) is 24.3 Å². The van der Waals surface area contributed by atoms with Gasteiger partial charge in [0.15, 0.2) is 0 Å². The highest BCUT2D eigenvalue weighted by Gasteiger charge is 2.16. The summed E-state index contributed by atoms with van der Waals surface area (Å²) >= 11 is 5.93. The number of halogens is 1. The molecule has 0 saturated carbocycles. The maximum absolute atomic E-state index is 12.2. The minimum Gasteiger partial charge on any atom is -0.369 e. The predicted octanol–water partition coefficient (Wildman–Crippen LogP) is 2.31. The molecule has 3 rings (SSSR count). The second kappa shape index (κ2) is 7.64. The van der Waals surface area contributed by atoms with Crippen molar-refractivity contribution < 1.29 is 8.42 Å². The molecule has 3 aromatic rings. The van der Waals surface area contributed by atoms with Gasteiger partial charge in [0, 0.05) is 31.5 Å². The Morgan fingerprint density at radius 3 is 2.56 bits per heavy atom. The van der Waals surface area contributed by atoms with Gasteiger partial charge < -0.3 is 9.88 Å². The van der Waals surface area contributed by atoms with Crippen LogP contribution in [0.2, 0.25) is 5.02 Å². The van der Waals surface area contributed by atoms with Crippen molar-refractivity contribution in [3.05, 3.63) is 66.2 Å². The number of benzene rings is 1. The average Bonchev–Trinajstić information content (AvgIpc) is 3.14. The second-order valence-electron chi connectivity index (χ2n) is 5.11. The Bertz CT molecular complexity index is 945. The summed E-state index contributed by atoms with van der Waals surface area (Å²) in [7, 11) is -3.65. The maximum Gasteiger partial charge on any atom is 0.242 e. The maximum atomic E-state index is 12.2. The number of sulfonamides is 1. The second-order valence-corrected chi connectivity index (χ2v) is 7.25. The zero-order valence-corrected chi connectivity index (χ0v) is 14.7. The molecular weight excluding hydrogens is 362 g/mol. The van der Waals surface area contributed by atoms with Crippen LogP contribution in [-0.4, -0.2) is 36.0 Å². The summed E-state index contributed by atoms with van der Waals surface area (Å²) in [6, 6.07) is 11.9.